The molecule has 14 heavy (non-hydrogen) atoms. The van der Waals surface area contributed by atoms with Gasteiger partial charge in [0, 0.05) is 11.1 Å². The van der Waals surface area contributed by atoms with Gasteiger partial charge in [0.1, 0.15) is 0 Å². The SMILES string of the molecule is CCOC(=O)/C=C\c1cccc(Cl)c1. The summed E-state index contributed by atoms with van der Waals surface area (Å²) in [5.74, 6) is -0.340. The fourth-order valence-electron chi connectivity index (χ4n) is 0.965. The van der Waals surface area contributed by atoms with Crippen molar-refractivity contribution in [1.82, 2.24) is 0 Å². The Kier molecular flexibility index (Phi) is 4.20. The number of carbonyl (C=O) groups is 1. The highest BCUT2D eigenvalue weighted by atomic mass is 35.5. The zero-order valence-electron chi connectivity index (χ0n) is 7.87. The van der Waals surface area contributed by atoms with Gasteiger partial charge in [-0.15, -0.1) is 0 Å². The number of hydrogen-bond donors (Lipinski definition) is 0. The minimum atomic E-state index is -0.340. The van der Waals surface area contributed by atoms with Crippen LogP contribution in [-0.2, 0) is 9.53 Å². The first-order valence-electron chi connectivity index (χ1n) is 4.33. The zero-order chi connectivity index (χ0) is 10.4. The molecule has 0 aliphatic rings. The largest absolute Gasteiger partial charge is 0.463 e. The molecule has 0 bridgehead atoms. The number of rotatable bonds is 3. The van der Waals surface area contributed by atoms with Crippen LogP contribution in [0.15, 0.2) is 30.3 Å². The Hall–Kier alpha value is -1.28. The summed E-state index contributed by atoms with van der Waals surface area (Å²) < 4.78 is 4.74. The number of carbonyl (C=O) groups excluding carboxylic acids is 1. The van der Waals surface area contributed by atoms with Crippen molar-refractivity contribution in [2.24, 2.45) is 0 Å². The van der Waals surface area contributed by atoms with Gasteiger partial charge in [-0.2, -0.15) is 0 Å². The number of esters is 1. The lowest BCUT2D eigenvalue weighted by atomic mass is 10.2. The normalized spacial score (nSPS) is 10.4. The first-order chi connectivity index (χ1) is 6.72. The van der Waals surface area contributed by atoms with E-state index in [1.807, 2.05) is 12.1 Å². The quantitative estimate of drug-likeness (QED) is 0.567. The van der Waals surface area contributed by atoms with Crippen molar-refractivity contribution in [3.05, 3.63) is 40.9 Å². The standard InChI is InChI=1S/C11H11ClO2/c1-2-14-11(13)7-6-9-4-3-5-10(12)8-9/h3-8H,2H2,1H3/b7-6-. The second-order valence-corrected chi connectivity index (χ2v) is 3.08. The molecule has 1 aromatic carbocycles. The number of benzene rings is 1. The minimum absolute atomic E-state index is 0.340. The molecule has 0 aromatic heterocycles. The molecule has 2 nitrogen and oxygen atoms in total. The van der Waals surface area contributed by atoms with Gasteiger partial charge >= 0.3 is 5.97 Å². The molecular weight excluding hydrogens is 200 g/mol. The Morgan fingerprint density at radius 1 is 1.57 bits per heavy atom. The summed E-state index contributed by atoms with van der Waals surface area (Å²) in [6.45, 7) is 2.16. The predicted octanol–water partition coefficient (Wildman–Crippen LogP) is 2.92. The number of ether oxygens (including phenoxy) is 1. The molecule has 0 spiro atoms. The second kappa shape index (κ2) is 5.45. The summed E-state index contributed by atoms with van der Waals surface area (Å²) in [4.78, 5) is 11.0. The van der Waals surface area contributed by atoms with Crippen LogP contribution in [-0.4, -0.2) is 12.6 Å². The Balaban J connectivity index is 2.64. The molecule has 1 aromatic rings. The topological polar surface area (TPSA) is 26.3 Å². The molecule has 0 N–H and O–H groups in total. The van der Waals surface area contributed by atoms with Crippen molar-refractivity contribution >= 4 is 23.6 Å². The third-order valence-electron chi connectivity index (χ3n) is 1.55. The van der Waals surface area contributed by atoms with Gasteiger partial charge in [0.25, 0.3) is 0 Å². The van der Waals surface area contributed by atoms with Crippen LogP contribution in [0, 0.1) is 0 Å². The molecular formula is C11H11ClO2. The van der Waals surface area contributed by atoms with Crippen LogP contribution in [0.5, 0.6) is 0 Å². The van der Waals surface area contributed by atoms with E-state index in [0.717, 1.165) is 5.56 Å². The molecule has 0 fully saturated rings. The van der Waals surface area contributed by atoms with Crippen molar-refractivity contribution in [1.29, 1.82) is 0 Å². The van der Waals surface area contributed by atoms with Crippen molar-refractivity contribution in [3.63, 3.8) is 0 Å². The van der Waals surface area contributed by atoms with E-state index in [1.54, 1.807) is 25.1 Å². The smallest absolute Gasteiger partial charge is 0.330 e. The minimum Gasteiger partial charge on any atom is -0.463 e. The van der Waals surface area contributed by atoms with Gasteiger partial charge in [0.05, 0.1) is 6.61 Å². The lowest BCUT2D eigenvalue weighted by molar-refractivity contribution is -0.137. The van der Waals surface area contributed by atoms with Crippen LogP contribution in [0.25, 0.3) is 6.08 Å². The van der Waals surface area contributed by atoms with Crippen molar-refractivity contribution < 1.29 is 9.53 Å². The van der Waals surface area contributed by atoms with Gasteiger partial charge in [-0.25, -0.2) is 4.79 Å². The first kappa shape index (κ1) is 10.8. The molecule has 0 saturated carbocycles. The monoisotopic (exact) mass is 210 g/mol. The van der Waals surface area contributed by atoms with Gasteiger partial charge < -0.3 is 4.74 Å². The molecule has 0 saturated heterocycles. The molecule has 0 amide bonds. The van der Waals surface area contributed by atoms with E-state index < -0.39 is 0 Å². The summed E-state index contributed by atoms with van der Waals surface area (Å²) in [5.41, 5.74) is 0.880. The Labute approximate surface area is 88.1 Å². The van der Waals surface area contributed by atoms with Gasteiger partial charge in [0.2, 0.25) is 0 Å². The summed E-state index contributed by atoms with van der Waals surface area (Å²) in [7, 11) is 0. The van der Waals surface area contributed by atoms with Gasteiger partial charge in [0.15, 0.2) is 0 Å². The fourth-order valence-corrected chi connectivity index (χ4v) is 1.16. The van der Waals surface area contributed by atoms with E-state index in [4.69, 9.17) is 16.3 Å². The van der Waals surface area contributed by atoms with Crippen LogP contribution in [0.1, 0.15) is 12.5 Å². The third-order valence-corrected chi connectivity index (χ3v) is 1.78. The van der Waals surface area contributed by atoms with E-state index in [9.17, 15) is 4.79 Å². The molecule has 0 radical (unpaired) electrons. The average molecular weight is 211 g/mol. The lowest BCUT2D eigenvalue weighted by Gasteiger charge is -1.95. The maximum Gasteiger partial charge on any atom is 0.330 e. The predicted molar refractivity (Wildman–Crippen MR) is 57.1 cm³/mol. The van der Waals surface area contributed by atoms with Crippen LogP contribution in [0.3, 0.4) is 0 Å². The molecule has 0 atom stereocenters. The summed E-state index contributed by atoms with van der Waals surface area (Å²) in [6, 6.07) is 7.25. The summed E-state index contributed by atoms with van der Waals surface area (Å²) in [6.07, 6.45) is 3.05. The maximum atomic E-state index is 11.0. The molecule has 0 aliphatic heterocycles. The Morgan fingerprint density at radius 2 is 2.36 bits per heavy atom. The lowest BCUT2D eigenvalue weighted by Crippen LogP contribution is -1.98. The highest BCUT2D eigenvalue weighted by Crippen LogP contribution is 2.11. The molecule has 1 rings (SSSR count). The molecule has 0 aliphatic carbocycles. The van der Waals surface area contributed by atoms with Gasteiger partial charge in [-0.05, 0) is 30.7 Å². The van der Waals surface area contributed by atoms with Crippen molar-refractivity contribution in [2.45, 2.75) is 6.92 Å². The molecule has 74 valence electrons. The molecule has 0 heterocycles. The third kappa shape index (κ3) is 3.62. The van der Waals surface area contributed by atoms with Crippen LogP contribution >= 0.6 is 11.6 Å². The summed E-state index contributed by atoms with van der Waals surface area (Å²) in [5, 5.41) is 0.649. The maximum absolute atomic E-state index is 11.0. The van der Waals surface area contributed by atoms with E-state index in [1.165, 1.54) is 6.08 Å². The van der Waals surface area contributed by atoms with Gasteiger partial charge in [-0.1, -0.05) is 23.7 Å². The Bertz CT molecular complexity index is 345. The van der Waals surface area contributed by atoms with Crippen molar-refractivity contribution in [3.8, 4) is 0 Å². The molecule has 3 heteroatoms. The average Bonchev–Trinajstić information content (AvgIpc) is 2.15. The van der Waals surface area contributed by atoms with E-state index in [2.05, 4.69) is 0 Å². The van der Waals surface area contributed by atoms with Crippen LogP contribution < -0.4 is 0 Å². The Morgan fingerprint density at radius 3 is 3.00 bits per heavy atom. The molecule has 0 unspecified atom stereocenters. The summed E-state index contributed by atoms with van der Waals surface area (Å²) >= 11 is 5.77. The van der Waals surface area contributed by atoms with E-state index >= 15 is 0 Å². The van der Waals surface area contributed by atoms with Crippen molar-refractivity contribution in [2.75, 3.05) is 6.61 Å². The highest BCUT2D eigenvalue weighted by molar-refractivity contribution is 6.30. The van der Waals surface area contributed by atoms with Gasteiger partial charge in [-0.3, -0.25) is 0 Å². The zero-order valence-corrected chi connectivity index (χ0v) is 8.62. The number of halogens is 1. The fraction of sp³-hybridized carbons (Fsp3) is 0.182. The van der Waals surface area contributed by atoms with E-state index in [0.29, 0.717) is 11.6 Å². The second-order valence-electron chi connectivity index (χ2n) is 2.64. The van der Waals surface area contributed by atoms with Crippen LogP contribution in [0.2, 0.25) is 5.02 Å². The van der Waals surface area contributed by atoms with E-state index in [-0.39, 0.29) is 5.97 Å². The first-order valence-corrected chi connectivity index (χ1v) is 4.70. The van der Waals surface area contributed by atoms with Crippen LogP contribution in [0.4, 0.5) is 0 Å². The number of hydrogen-bond acceptors (Lipinski definition) is 2. The highest BCUT2D eigenvalue weighted by Gasteiger charge is 1.94.